The van der Waals surface area contributed by atoms with E-state index in [2.05, 4.69) is 40.1 Å². The molecule has 0 radical (unpaired) electrons. The lowest BCUT2D eigenvalue weighted by Crippen LogP contribution is -2.48. The van der Waals surface area contributed by atoms with Gasteiger partial charge in [-0.05, 0) is 94.4 Å². The third-order valence-electron chi connectivity index (χ3n) is 9.24. The summed E-state index contributed by atoms with van der Waals surface area (Å²) in [6.07, 6.45) is 4.88. The molecule has 2 N–H and O–H groups in total. The molecule has 3 aliphatic carbocycles. The fourth-order valence-corrected chi connectivity index (χ4v) is 7.41. The number of methoxy groups -OCH3 is 1. The van der Waals surface area contributed by atoms with E-state index in [4.69, 9.17) is 14.2 Å². The third kappa shape index (κ3) is 7.10. The molecule has 10 heteroatoms. The summed E-state index contributed by atoms with van der Waals surface area (Å²) < 4.78 is 31.9. The predicted octanol–water partition coefficient (Wildman–Crippen LogP) is 6.61. The van der Waals surface area contributed by atoms with Crippen LogP contribution < -0.4 is 20.1 Å². The van der Waals surface area contributed by atoms with Gasteiger partial charge < -0.3 is 24.8 Å². The van der Waals surface area contributed by atoms with Gasteiger partial charge in [-0.15, -0.1) is 0 Å². The molecule has 232 valence electrons. The van der Waals surface area contributed by atoms with Crippen LogP contribution >= 0.6 is 22.6 Å². The molecule has 3 fully saturated rings. The van der Waals surface area contributed by atoms with Crippen molar-refractivity contribution in [2.24, 2.45) is 23.7 Å². The van der Waals surface area contributed by atoms with Crippen LogP contribution in [0.2, 0.25) is 0 Å². The second-order valence-corrected chi connectivity index (χ2v) is 13.8. The minimum Gasteiger partial charge on any atom is -0.496 e. The number of carbonyl (C=O) groups is 3. The molecule has 0 saturated heterocycles. The molecule has 2 aromatic carbocycles. The summed E-state index contributed by atoms with van der Waals surface area (Å²) in [5.41, 5.74) is 2.08. The summed E-state index contributed by atoms with van der Waals surface area (Å²) >= 11 is 2.35. The highest BCUT2D eigenvalue weighted by molar-refractivity contribution is 14.1. The van der Waals surface area contributed by atoms with Crippen LogP contribution in [-0.2, 0) is 14.3 Å². The van der Waals surface area contributed by atoms with Crippen LogP contribution in [0, 0.1) is 29.5 Å². The molecule has 5 rings (SSSR count). The van der Waals surface area contributed by atoms with Gasteiger partial charge in [-0.1, -0.05) is 34.7 Å². The zero-order chi connectivity index (χ0) is 30.7. The number of rotatable bonds is 10. The smallest absolute Gasteiger partial charge is 0.308 e. The van der Waals surface area contributed by atoms with Crippen molar-refractivity contribution in [3.8, 4) is 11.5 Å². The standard InChI is InChI=1S/C33H40FIN2O6/c1-4-42-33(40)20-9-13-24(14-10-20)43-28-16-25(27(41-3)17-26(28)34)31(38)37-30-22-6-5-21(15-22)29(30)32(39)36-23-11-7-19(8-12-23)18(2)35/h7-8,11-12,16-18,20-22,24,29-30H,4-6,9-10,13-15H2,1-3H3,(H,36,39)(H,37,38)/t18?,20-,21-,22+,24+,29+,30-/m1/s1. The average molecular weight is 707 g/mol. The monoisotopic (exact) mass is 706 g/mol. The number of hydrogen-bond acceptors (Lipinski definition) is 6. The molecule has 0 aliphatic heterocycles. The first-order valence-electron chi connectivity index (χ1n) is 15.2. The molecule has 2 aromatic rings. The summed E-state index contributed by atoms with van der Waals surface area (Å²) in [6, 6.07) is 10.1. The Morgan fingerprint density at radius 1 is 1.00 bits per heavy atom. The van der Waals surface area contributed by atoms with E-state index in [0.29, 0.717) is 36.2 Å². The van der Waals surface area contributed by atoms with Crippen molar-refractivity contribution in [1.82, 2.24) is 5.32 Å². The first-order chi connectivity index (χ1) is 20.7. The highest BCUT2D eigenvalue weighted by Crippen LogP contribution is 2.49. The molecule has 8 nitrogen and oxygen atoms in total. The number of alkyl halides is 1. The van der Waals surface area contributed by atoms with E-state index in [1.165, 1.54) is 24.8 Å². The maximum atomic E-state index is 15.0. The van der Waals surface area contributed by atoms with Gasteiger partial charge >= 0.3 is 5.97 Å². The summed E-state index contributed by atoms with van der Waals surface area (Å²) in [4.78, 5) is 39.3. The van der Waals surface area contributed by atoms with Crippen molar-refractivity contribution in [3.63, 3.8) is 0 Å². The zero-order valence-electron chi connectivity index (χ0n) is 24.9. The molecular weight excluding hydrogens is 666 g/mol. The molecule has 2 amide bonds. The van der Waals surface area contributed by atoms with Gasteiger partial charge in [0.2, 0.25) is 5.91 Å². The largest absolute Gasteiger partial charge is 0.496 e. The number of benzene rings is 2. The molecule has 0 heterocycles. The van der Waals surface area contributed by atoms with E-state index in [1.54, 1.807) is 6.92 Å². The van der Waals surface area contributed by atoms with Crippen molar-refractivity contribution in [3.05, 3.63) is 53.3 Å². The lowest BCUT2D eigenvalue weighted by molar-refractivity contribution is -0.149. The second kappa shape index (κ2) is 13.8. The van der Waals surface area contributed by atoms with Gasteiger partial charge in [0.25, 0.3) is 5.91 Å². The maximum absolute atomic E-state index is 15.0. The Labute approximate surface area is 265 Å². The third-order valence-corrected chi connectivity index (χ3v) is 9.96. The number of carbonyl (C=O) groups excluding carboxylic acids is 3. The van der Waals surface area contributed by atoms with Crippen LogP contribution in [0.4, 0.5) is 10.1 Å². The first kappa shape index (κ1) is 31.5. The maximum Gasteiger partial charge on any atom is 0.308 e. The van der Waals surface area contributed by atoms with E-state index >= 15 is 4.39 Å². The molecule has 2 bridgehead atoms. The molecule has 0 aromatic heterocycles. The Morgan fingerprint density at radius 3 is 2.35 bits per heavy atom. The summed E-state index contributed by atoms with van der Waals surface area (Å²) in [5, 5.41) is 6.18. The van der Waals surface area contributed by atoms with Crippen LogP contribution in [0.25, 0.3) is 0 Å². The number of hydrogen-bond donors (Lipinski definition) is 2. The number of fused-ring (bicyclic) bond motifs is 2. The predicted molar refractivity (Wildman–Crippen MR) is 169 cm³/mol. The zero-order valence-corrected chi connectivity index (χ0v) is 27.0. The first-order valence-corrected chi connectivity index (χ1v) is 16.5. The summed E-state index contributed by atoms with van der Waals surface area (Å²) in [6.45, 7) is 4.24. The van der Waals surface area contributed by atoms with Crippen LogP contribution in [0.5, 0.6) is 11.5 Å². The molecule has 3 saturated carbocycles. The Bertz CT molecular complexity index is 1330. The van der Waals surface area contributed by atoms with Crippen molar-refractivity contribution in [2.75, 3.05) is 19.0 Å². The number of anilines is 1. The van der Waals surface area contributed by atoms with Crippen LogP contribution in [-0.4, -0.2) is 43.6 Å². The number of halogens is 2. The van der Waals surface area contributed by atoms with Crippen LogP contribution in [0.1, 0.15) is 78.6 Å². The van der Waals surface area contributed by atoms with Gasteiger partial charge in [-0.3, -0.25) is 14.4 Å². The lowest BCUT2D eigenvalue weighted by atomic mass is 9.83. The van der Waals surface area contributed by atoms with Crippen molar-refractivity contribution < 1.29 is 33.0 Å². The lowest BCUT2D eigenvalue weighted by Gasteiger charge is -2.31. The Morgan fingerprint density at radius 2 is 1.70 bits per heavy atom. The van der Waals surface area contributed by atoms with Gasteiger partial charge in [0.15, 0.2) is 11.6 Å². The molecular formula is C33H40FIN2O6. The van der Waals surface area contributed by atoms with Crippen molar-refractivity contribution in [2.45, 2.75) is 74.9 Å². The van der Waals surface area contributed by atoms with Gasteiger partial charge in [0.1, 0.15) is 5.75 Å². The Hall–Kier alpha value is -2.89. The van der Waals surface area contributed by atoms with Gasteiger partial charge in [0.05, 0.1) is 37.2 Å². The quantitative estimate of drug-likeness (QED) is 0.164. The minimum atomic E-state index is -0.624. The molecule has 43 heavy (non-hydrogen) atoms. The fraction of sp³-hybridized carbons (Fsp3) is 0.545. The van der Waals surface area contributed by atoms with E-state index < -0.39 is 11.7 Å². The summed E-state index contributed by atoms with van der Waals surface area (Å²) in [5.74, 6) is -1.42. The van der Waals surface area contributed by atoms with Gasteiger partial charge in [0, 0.05) is 21.7 Å². The van der Waals surface area contributed by atoms with E-state index in [0.717, 1.165) is 24.9 Å². The van der Waals surface area contributed by atoms with E-state index in [-0.39, 0.29) is 64.8 Å². The van der Waals surface area contributed by atoms with Crippen molar-refractivity contribution >= 4 is 46.1 Å². The van der Waals surface area contributed by atoms with Gasteiger partial charge in [-0.2, -0.15) is 0 Å². The normalized spacial score (nSPS) is 26.8. The molecule has 0 spiro atoms. The highest BCUT2D eigenvalue weighted by Gasteiger charge is 2.51. The average Bonchev–Trinajstić information content (AvgIpc) is 3.61. The number of nitrogens with one attached hydrogen (secondary N) is 2. The fourth-order valence-electron chi connectivity index (χ4n) is 6.99. The number of esters is 1. The molecule has 1 unspecified atom stereocenters. The number of amides is 2. The summed E-state index contributed by atoms with van der Waals surface area (Å²) in [7, 11) is 1.39. The minimum absolute atomic E-state index is 0.0305. The van der Waals surface area contributed by atoms with Crippen LogP contribution in [0.3, 0.4) is 0 Å². The van der Waals surface area contributed by atoms with E-state index in [1.807, 2.05) is 24.3 Å². The topological polar surface area (TPSA) is 103 Å². The molecule has 5 atom stereocenters. The molecule has 3 aliphatic rings. The van der Waals surface area contributed by atoms with E-state index in [9.17, 15) is 14.4 Å². The Kier molecular flexibility index (Phi) is 10.1. The number of ether oxygens (including phenoxy) is 3. The Balaban J connectivity index is 1.27. The second-order valence-electron chi connectivity index (χ2n) is 11.9. The van der Waals surface area contributed by atoms with Crippen molar-refractivity contribution in [1.29, 1.82) is 0 Å². The van der Waals surface area contributed by atoms with Gasteiger partial charge in [-0.25, -0.2) is 4.39 Å². The van der Waals surface area contributed by atoms with Crippen LogP contribution in [0.15, 0.2) is 36.4 Å². The SMILES string of the molecule is CCOC(=O)[C@H]1CC[C@@H](Oc2cc(C(=O)N[C@@H]3[C@H]4CC[C@H](C4)[C@@H]3C(=O)Nc3ccc(C(C)I)cc3)c(OC)cc2F)CC1. The highest BCUT2D eigenvalue weighted by atomic mass is 127.